The average molecular weight is 331 g/mol. The van der Waals surface area contributed by atoms with E-state index in [1.165, 1.54) is 34.7 Å². The van der Waals surface area contributed by atoms with Gasteiger partial charge in [0.05, 0.1) is 12.7 Å². The molecule has 1 aliphatic rings. The van der Waals surface area contributed by atoms with Gasteiger partial charge in [0.1, 0.15) is 0 Å². The topological polar surface area (TPSA) is 29.5 Å². The van der Waals surface area contributed by atoms with Crippen LogP contribution in [0.5, 0.6) is 0 Å². The van der Waals surface area contributed by atoms with Crippen LogP contribution in [-0.2, 0) is 17.7 Å². The number of benzene rings is 3. The Hall–Kier alpha value is -2.81. The second-order valence-electron chi connectivity index (χ2n) is 6.50. The van der Waals surface area contributed by atoms with Gasteiger partial charge >= 0.3 is 5.97 Å². The fraction of sp³-hybridized carbons (Fsp3) is 0.227. The van der Waals surface area contributed by atoms with Crippen LogP contribution >= 0.6 is 0 Å². The van der Waals surface area contributed by atoms with E-state index in [2.05, 4.69) is 53.4 Å². The maximum Gasteiger partial charge on any atom is 0.337 e. The largest absolute Gasteiger partial charge is 0.465 e. The van der Waals surface area contributed by atoms with Gasteiger partial charge in [-0.25, -0.2) is 4.79 Å². The molecule has 0 amide bonds. The van der Waals surface area contributed by atoms with Crippen LogP contribution in [0.25, 0.3) is 10.8 Å². The molecule has 3 heteroatoms. The molecule has 3 nitrogen and oxygen atoms in total. The van der Waals surface area contributed by atoms with Gasteiger partial charge < -0.3 is 9.64 Å². The molecule has 0 aromatic heterocycles. The molecule has 0 fully saturated rings. The number of carbonyl (C=O) groups excluding carboxylic acids is 1. The summed E-state index contributed by atoms with van der Waals surface area (Å²) in [4.78, 5) is 14.2. The zero-order valence-electron chi connectivity index (χ0n) is 14.4. The number of ether oxygens (including phenoxy) is 1. The van der Waals surface area contributed by atoms with Crippen LogP contribution in [0.15, 0.2) is 60.7 Å². The summed E-state index contributed by atoms with van der Waals surface area (Å²) in [6.45, 7) is 1.92. The van der Waals surface area contributed by atoms with Crippen molar-refractivity contribution in [1.82, 2.24) is 0 Å². The molecule has 0 bridgehead atoms. The molecule has 0 saturated heterocycles. The Morgan fingerprint density at radius 3 is 2.80 bits per heavy atom. The van der Waals surface area contributed by atoms with Crippen LogP contribution in [0.4, 0.5) is 5.69 Å². The Balaban J connectivity index is 1.68. The van der Waals surface area contributed by atoms with Crippen molar-refractivity contribution in [2.24, 2.45) is 0 Å². The van der Waals surface area contributed by atoms with Crippen molar-refractivity contribution >= 4 is 22.4 Å². The van der Waals surface area contributed by atoms with Crippen molar-refractivity contribution in [2.45, 2.75) is 19.4 Å². The molecule has 0 atom stereocenters. The van der Waals surface area contributed by atoms with E-state index in [9.17, 15) is 4.79 Å². The first kappa shape index (κ1) is 15.7. The summed E-state index contributed by atoms with van der Waals surface area (Å²) < 4.78 is 4.85. The van der Waals surface area contributed by atoms with E-state index in [1.807, 2.05) is 12.1 Å². The molecule has 0 saturated carbocycles. The molecule has 1 heterocycles. The van der Waals surface area contributed by atoms with Crippen molar-refractivity contribution in [3.63, 3.8) is 0 Å². The van der Waals surface area contributed by atoms with Crippen LogP contribution < -0.4 is 4.90 Å². The van der Waals surface area contributed by atoms with Gasteiger partial charge in [0.2, 0.25) is 0 Å². The number of anilines is 1. The van der Waals surface area contributed by atoms with E-state index in [1.54, 1.807) is 0 Å². The van der Waals surface area contributed by atoms with Gasteiger partial charge in [0, 0.05) is 18.8 Å². The summed E-state index contributed by atoms with van der Waals surface area (Å²) in [5, 5.41) is 2.58. The maximum absolute atomic E-state index is 11.8. The second kappa shape index (κ2) is 6.60. The second-order valence-corrected chi connectivity index (χ2v) is 6.50. The minimum absolute atomic E-state index is 0.269. The van der Waals surface area contributed by atoms with Crippen molar-refractivity contribution in [2.75, 3.05) is 18.6 Å². The lowest BCUT2D eigenvalue weighted by Crippen LogP contribution is -2.29. The molecule has 0 aliphatic carbocycles. The number of rotatable bonds is 3. The van der Waals surface area contributed by atoms with Crippen molar-refractivity contribution in [3.8, 4) is 0 Å². The van der Waals surface area contributed by atoms with E-state index >= 15 is 0 Å². The van der Waals surface area contributed by atoms with Gasteiger partial charge in [0.15, 0.2) is 0 Å². The molecule has 0 radical (unpaired) electrons. The summed E-state index contributed by atoms with van der Waals surface area (Å²) in [6, 6.07) is 20.9. The lowest BCUT2D eigenvalue weighted by molar-refractivity contribution is 0.0600. The normalized spacial score (nSPS) is 13.6. The Kier molecular flexibility index (Phi) is 4.14. The monoisotopic (exact) mass is 331 g/mol. The maximum atomic E-state index is 11.8. The molecule has 0 unspecified atom stereocenters. The number of hydrogen-bond acceptors (Lipinski definition) is 3. The van der Waals surface area contributed by atoms with Gasteiger partial charge in [-0.3, -0.25) is 0 Å². The number of fused-ring (bicyclic) bond motifs is 2. The van der Waals surface area contributed by atoms with Gasteiger partial charge in [-0.1, -0.05) is 42.5 Å². The first-order valence-electron chi connectivity index (χ1n) is 8.69. The zero-order valence-corrected chi connectivity index (χ0v) is 14.4. The fourth-order valence-corrected chi connectivity index (χ4v) is 3.72. The number of aryl methyl sites for hydroxylation is 1. The Morgan fingerprint density at radius 1 is 1.08 bits per heavy atom. The van der Waals surface area contributed by atoms with Crippen LogP contribution in [0.2, 0.25) is 0 Å². The summed E-state index contributed by atoms with van der Waals surface area (Å²) >= 11 is 0. The third-order valence-electron chi connectivity index (χ3n) is 4.96. The molecular formula is C22H21NO2. The van der Waals surface area contributed by atoms with E-state index in [4.69, 9.17) is 4.74 Å². The van der Waals surface area contributed by atoms with Crippen molar-refractivity contribution in [1.29, 1.82) is 0 Å². The molecule has 0 spiro atoms. The minimum atomic E-state index is -0.269. The molecule has 25 heavy (non-hydrogen) atoms. The molecule has 3 aromatic carbocycles. The highest BCUT2D eigenvalue weighted by atomic mass is 16.5. The van der Waals surface area contributed by atoms with Crippen molar-refractivity contribution < 1.29 is 9.53 Å². The highest BCUT2D eigenvalue weighted by Crippen LogP contribution is 2.31. The van der Waals surface area contributed by atoms with E-state index < -0.39 is 0 Å². The Bertz CT molecular complexity index is 927. The van der Waals surface area contributed by atoms with Crippen LogP contribution in [0.3, 0.4) is 0 Å². The molecular weight excluding hydrogens is 310 g/mol. The van der Waals surface area contributed by atoms with Crippen molar-refractivity contribution in [3.05, 3.63) is 77.4 Å². The predicted molar refractivity (Wildman–Crippen MR) is 101 cm³/mol. The molecule has 3 aromatic rings. The molecule has 4 rings (SSSR count). The highest BCUT2D eigenvalue weighted by Gasteiger charge is 2.19. The van der Waals surface area contributed by atoms with Gasteiger partial charge in [-0.2, -0.15) is 0 Å². The van der Waals surface area contributed by atoms with Crippen LogP contribution in [0.1, 0.15) is 27.9 Å². The standard InChI is InChI=1S/C22H21NO2/c1-25-22(24)18-11-12-21-17(14-18)9-5-13-23(21)15-19-8-4-7-16-6-2-3-10-20(16)19/h2-4,6-8,10-12,14H,5,9,13,15H2,1H3. The number of hydrogen-bond donors (Lipinski definition) is 0. The third-order valence-corrected chi connectivity index (χ3v) is 4.96. The number of carbonyl (C=O) groups is 1. The van der Waals surface area contributed by atoms with E-state index in [0.717, 1.165) is 25.9 Å². The summed E-state index contributed by atoms with van der Waals surface area (Å²) in [7, 11) is 1.43. The van der Waals surface area contributed by atoms with Gasteiger partial charge in [-0.05, 0) is 52.9 Å². The Morgan fingerprint density at radius 2 is 1.92 bits per heavy atom. The number of methoxy groups -OCH3 is 1. The first-order chi connectivity index (χ1) is 12.3. The number of esters is 1. The van der Waals surface area contributed by atoms with Gasteiger partial charge in [-0.15, -0.1) is 0 Å². The minimum Gasteiger partial charge on any atom is -0.465 e. The summed E-state index contributed by atoms with van der Waals surface area (Å²) in [5.41, 5.74) is 4.43. The molecule has 126 valence electrons. The van der Waals surface area contributed by atoms with E-state index in [-0.39, 0.29) is 5.97 Å². The first-order valence-corrected chi connectivity index (χ1v) is 8.69. The SMILES string of the molecule is COC(=O)c1ccc2c(c1)CCCN2Cc1cccc2ccccc12. The quantitative estimate of drug-likeness (QED) is 0.658. The van der Waals surface area contributed by atoms with Crippen LogP contribution in [0, 0.1) is 0 Å². The van der Waals surface area contributed by atoms with Gasteiger partial charge in [0.25, 0.3) is 0 Å². The molecule has 1 aliphatic heterocycles. The highest BCUT2D eigenvalue weighted by molar-refractivity contribution is 5.90. The average Bonchev–Trinajstić information content (AvgIpc) is 2.67. The van der Waals surface area contributed by atoms with E-state index in [0.29, 0.717) is 5.56 Å². The fourth-order valence-electron chi connectivity index (χ4n) is 3.72. The lowest BCUT2D eigenvalue weighted by Gasteiger charge is -2.32. The third kappa shape index (κ3) is 2.98. The molecule has 0 N–H and O–H groups in total. The summed E-state index contributed by atoms with van der Waals surface area (Å²) in [5.74, 6) is -0.269. The Labute approximate surface area is 147 Å². The summed E-state index contributed by atoms with van der Waals surface area (Å²) in [6.07, 6.45) is 2.11. The zero-order chi connectivity index (χ0) is 17.2. The smallest absolute Gasteiger partial charge is 0.337 e. The van der Waals surface area contributed by atoms with Crippen LogP contribution in [-0.4, -0.2) is 19.6 Å². The number of nitrogens with zero attached hydrogens (tertiary/aromatic N) is 1. The predicted octanol–water partition coefficient (Wildman–Crippen LogP) is 4.58. The lowest BCUT2D eigenvalue weighted by atomic mass is 9.97.